The normalized spacial score (nSPS) is 11.6. The topological polar surface area (TPSA) is 91.3 Å². The number of esters is 2. The fourth-order valence-electron chi connectivity index (χ4n) is 3.42. The third kappa shape index (κ3) is 8.54. The van der Waals surface area contributed by atoms with E-state index in [0.29, 0.717) is 53.7 Å². The zero-order chi connectivity index (χ0) is 25.8. The smallest absolute Gasteiger partial charge is 0.310 e. The number of carbonyl (C=O) groups excluding carboxylic acids is 2. The monoisotopic (exact) mass is 521 g/mol. The Morgan fingerprint density at radius 3 is 2.49 bits per heavy atom. The number of nitroso groups, excluding NO2 is 1. The third-order valence-corrected chi connectivity index (χ3v) is 6.68. The van der Waals surface area contributed by atoms with E-state index in [1.54, 1.807) is 36.9 Å². The molecule has 0 saturated heterocycles. The Bertz CT molecular complexity index is 1030. The van der Waals surface area contributed by atoms with E-state index in [-0.39, 0.29) is 5.97 Å². The number of nitrogens with zero attached hydrogens (tertiary/aromatic N) is 1. The molecule has 0 radical (unpaired) electrons. The van der Waals surface area contributed by atoms with Gasteiger partial charge in [0.15, 0.2) is 0 Å². The molecular weight excluding hydrogens is 490 g/mol. The first kappa shape index (κ1) is 28.7. The maximum atomic E-state index is 11.8. The molecule has 1 unspecified atom stereocenters. The molecule has 0 aliphatic rings. The highest BCUT2D eigenvalue weighted by molar-refractivity contribution is 7.99. The summed E-state index contributed by atoms with van der Waals surface area (Å²) < 4.78 is 16.8. The fourth-order valence-corrected chi connectivity index (χ4v) is 4.59. The summed E-state index contributed by atoms with van der Waals surface area (Å²) in [5.41, 5.74) is 1.38. The predicted octanol–water partition coefficient (Wildman–Crippen LogP) is 7.31. The Kier molecular flexibility index (Phi) is 12.1. The number of ether oxygens (including phenoxy) is 3. The van der Waals surface area contributed by atoms with Gasteiger partial charge in [-0.1, -0.05) is 44.0 Å². The minimum absolute atomic E-state index is 0.298. The molecule has 0 spiro atoms. The number of thioether (sulfide) groups is 1. The standard InChI is InChI=1S/C26H32ClNO6S/c1-5-9-20-23(12-11-19(22(6-2)28-31)26(20)33-17(4)29)32-14-8-15-35-24-13-10-18(16-21(24)27)34-25(30)7-3/h10-13,16,22H,5-9,14-15H2,1-4H3. The van der Waals surface area contributed by atoms with Gasteiger partial charge in [0.2, 0.25) is 0 Å². The number of carbonyl (C=O) groups is 2. The highest BCUT2D eigenvalue weighted by Gasteiger charge is 2.23. The first-order valence-electron chi connectivity index (χ1n) is 11.8. The van der Waals surface area contributed by atoms with Gasteiger partial charge in [-0.3, -0.25) is 9.59 Å². The summed E-state index contributed by atoms with van der Waals surface area (Å²) in [6.45, 7) is 7.42. The van der Waals surface area contributed by atoms with Crippen molar-refractivity contribution in [3.63, 3.8) is 0 Å². The van der Waals surface area contributed by atoms with Crippen LogP contribution < -0.4 is 14.2 Å². The van der Waals surface area contributed by atoms with Gasteiger partial charge >= 0.3 is 11.9 Å². The van der Waals surface area contributed by atoms with Crippen LogP contribution in [0.3, 0.4) is 0 Å². The molecule has 2 rings (SSSR count). The second-order valence-electron chi connectivity index (χ2n) is 7.80. The average molecular weight is 522 g/mol. The summed E-state index contributed by atoms with van der Waals surface area (Å²) in [5.74, 6) is 1.45. The van der Waals surface area contributed by atoms with Gasteiger partial charge in [0, 0.05) is 41.2 Å². The van der Waals surface area contributed by atoms with Crippen molar-refractivity contribution in [3.8, 4) is 17.2 Å². The van der Waals surface area contributed by atoms with Crippen molar-refractivity contribution in [2.24, 2.45) is 5.18 Å². The maximum absolute atomic E-state index is 11.8. The first-order valence-corrected chi connectivity index (χ1v) is 13.1. The van der Waals surface area contributed by atoms with Crippen molar-refractivity contribution in [1.82, 2.24) is 0 Å². The summed E-state index contributed by atoms with van der Waals surface area (Å²) in [6.07, 6.45) is 3.01. The molecule has 0 amide bonds. The molecule has 0 aliphatic heterocycles. The minimum Gasteiger partial charge on any atom is -0.493 e. The quantitative estimate of drug-likeness (QED) is 0.0845. The Labute approximate surface area is 215 Å². The van der Waals surface area contributed by atoms with Crippen LogP contribution in [0.5, 0.6) is 17.2 Å². The van der Waals surface area contributed by atoms with E-state index in [2.05, 4.69) is 5.18 Å². The third-order valence-electron chi connectivity index (χ3n) is 5.09. The van der Waals surface area contributed by atoms with E-state index in [1.807, 2.05) is 26.0 Å². The van der Waals surface area contributed by atoms with Crippen LogP contribution in [0.2, 0.25) is 5.02 Å². The maximum Gasteiger partial charge on any atom is 0.310 e. The molecule has 0 bridgehead atoms. The second kappa shape index (κ2) is 14.7. The minimum atomic E-state index is -0.591. The van der Waals surface area contributed by atoms with Gasteiger partial charge in [0.05, 0.1) is 11.6 Å². The Morgan fingerprint density at radius 2 is 1.89 bits per heavy atom. The van der Waals surface area contributed by atoms with Gasteiger partial charge in [-0.15, -0.1) is 11.8 Å². The summed E-state index contributed by atoms with van der Waals surface area (Å²) in [5, 5.41) is 3.73. The summed E-state index contributed by atoms with van der Waals surface area (Å²) >= 11 is 7.91. The van der Waals surface area contributed by atoms with Crippen molar-refractivity contribution in [2.45, 2.75) is 70.7 Å². The van der Waals surface area contributed by atoms with E-state index in [0.717, 1.165) is 29.1 Å². The van der Waals surface area contributed by atoms with Crippen molar-refractivity contribution in [2.75, 3.05) is 12.4 Å². The van der Waals surface area contributed by atoms with Gasteiger partial charge in [-0.05, 0) is 43.5 Å². The van der Waals surface area contributed by atoms with Gasteiger partial charge in [-0.2, -0.15) is 4.91 Å². The zero-order valence-electron chi connectivity index (χ0n) is 20.6. The SMILES string of the molecule is CCCc1c(OCCCSc2ccc(OC(=O)CC)cc2Cl)ccc(C(CC)N=O)c1OC(C)=O. The molecular formula is C26H32ClNO6S. The fraction of sp³-hybridized carbons (Fsp3) is 0.462. The lowest BCUT2D eigenvalue weighted by Gasteiger charge is -2.20. The molecule has 1 atom stereocenters. The van der Waals surface area contributed by atoms with Crippen LogP contribution in [-0.4, -0.2) is 24.3 Å². The number of rotatable bonds is 14. The van der Waals surface area contributed by atoms with E-state index in [1.165, 1.54) is 6.92 Å². The molecule has 0 aromatic heterocycles. The van der Waals surface area contributed by atoms with E-state index in [9.17, 15) is 14.5 Å². The average Bonchev–Trinajstić information content (AvgIpc) is 2.83. The van der Waals surface area contributed by atoms with Crippen LogP contribution in [0.4, 0.5) is 0 Å². The van der Waals surface area contributed by atoms with Crippen molar-refractivity contribution in [1.29, 1.82) is 0 Å². The molecule has 7 nitrogen and oxygen atoms in total. The number of halogens is 1. The van der Waals surface area contributed by atoms with Crippen LogP contribution in [-0.2, 0) is 16.0 Å². The Morgan fingerprint density at radius 1 is 1.11 bits per heavy atom. The van der Waals surface area contributed by atoms with E-state index < -0.39 is 12.0 Å². The molecule has 190 valence electrons. The van der Waals surface area contributed by atoms with Gasteiger partial charge in [0.25, 0.3) is 0 Å². The first-order chi connectivity index (χ1) is 16.8. The molecule has 2 aromatic carbocycles. The van der Waals surface area contributed by atoms with Crippen LogP contribution in [0, 0.1) is 4.91 Å². The molecule has 35 heavy (non-hydrogen) atoms. The molecule has 9 heteroatoms. The van der Waals surface area contributed by atoms with E-state index in [4.69, 9.17) is 25.8 Å². The van der Waals surface area contributed by atoms with Crippen molar-refractivity contribution >= 4 is 35.3 Å². The lowest BCUT2D eigenvalue weighted by molar-refractivity contribution is -0.134. The highest BCUT2D eigenvalue weighted by Crippen LogP contribution is 2.39. The highest BCUT2D eigenvalue weighted by atomic mass is 35.5. The van der Waals surface area contributed by atoms with Crippen LogP contribution in [0.25, 0.3) is 0 Å². The number of hydrogen-bond donors (Lipinski definition) is 0. The molecule has 0 N–H and O–H groups in total. The van der Waals surface area contributed by atoms with Crippen molar-refractivity contribution in [3.05, 3.63) is 51.4 Å². The van der Waals surface area contributed by atoms with Crippen LogP contribution >= 0.6 is 23.4 Å². The van der Waals surface area contributed by atoms with Gasteiger partial charge in [0.1, 0.15) is 23.3 Å². The molecule has 0 saturated carbocycles. The summed E-state index contributed by atoms with van der Waals surface area (Å²) in [6, 6.07) is 8.19. The van der Waals surface area contributed by atoms with E-state index >= 15 is 0 Å². The second-order valence-corrected chi connectivity index (χ2v) is 9.35. The van der Waals surface area contributed by atoms with Crippen LogP contribution in [0.1, 0.15) is 70.5 Å². The molecule has 0 aliphatic carbocycles. The summed E-state index contributed by atoms with van der Waals surface area (Å²) in [4.78, 5) is 35.4. The lowest BCUT2D eigenvalue weighted by atomic mass is 9.97. The lowest BCUT2D eigenvalue weighted by Crippen LogP contribution is -2.11. The Balaban J connectivity index is 2.05. The molecule has 0 heterocycles. The number of benzene rings is 2. The van der Waals surface area contributed by atoms with Crippen LogP contribution in [0.15, 0.2) is 40.4 Å². The van der Waals surface area contributed by atoms with Gasteiger partial charge in [-0.25, -0.2) is 0 Å². The summed E-state index contributed by atoms with van der Waals surface area (Å²) in [7, 11) is 0. The predicted molar refractivity (Wildman–Crippen MR) is 139 cm³/mol. The largest absolute Gasteiger partial charge is 0.493 e. The van der Waals surface area contributed by atoms with Gasteiger partial charge < -0.3 is 14.2 Å². The van der Waals surface area contributed by atoms with Crippen molar-refractivity contribution < 1.29 is 23.8 Å². The molecule has 0 fully saturated rings. The number of hydrogen-bond acceptors (Lipinski definition) is 8. The molecule has 2 aromatic rings. The Hall–Kier alpha value is -2.58. The zero-order valence-corrected chi connectivity index (χ0v) is 22.2.